The van der Waals surface area contributed by atoms with E-state index >= 15 is 0 Å². The molecule has 0 aromatic heterocycles. The number of ether oxygens (including phenoxy) is 1. The first-order valence-corrected chi connectivity index (χ1v) is 11.3. The molecule has 1 saturated heterocycles. The number of rotatable bonds is 7. The Morgan fingerprint density at radius 2 is 1.82 bits per heavy atom. The van der Waals surface area contributed by atoms with Crippen molar-refractivity contribution in [2.24, 2.45) is 10.7 Å². The first-order chi connectivity index (χ1) is 13.0. The molecule has 0 radical (unpaired) electrons. The minimum Gasteiger partial charge on any atom is -0.377 e. The van der Waals surface area contributed by atoms with Gasteiger partial charge in [0.1, 0.15) is 0 Å². The SMILES string of the molecule is I.NC(=NCc1ccc(S(=O)(=O)NCC2CCCO2)cc1)NC1CCCCC1. The maximum absolute atomic E-state index is 12.4. The summed E-state index contributed by atoms with van der Waals surface area (Å²) >= 11 is 0. The molecule has 7 nitrogen and oxygen atoms in total. The van der Waals surface area contributed by atoms with Gasteiger partial charge in [0.15, 0.2) is 5.96 Å². The van der Waals surface area contributed by atoms with Crippen LogP contribution < -0.4 is 15.8 Å². The lowest BCUT2D eigenvalue weighted by atomic mass is 9.96. The third kappa shape index (κ3) is 7.16. The molecular weight excluding hydrogens is 491 g/mol. The van der Waals surface area contributed by atoms with E-state index in [1.807, 2.05) is 0 Å². The molecule has 0 spiro atoms. The third-order valence-corrected chi connectivity index (χ3v) is 6.59. The zero-order chi connectivity index (χ0) is 19.1. The minimum absolute atomic E-state index is 0. The van der Waals surface area contributed by atoms with Crippen LogP contribution in [0.15, 0.2) is 34.2 Å². The van der Waals surface area contributed by atoms with Gasteiger partial charge in [-0.25, -0.2) is 18.1 Å². The Bertz CT molecular complexity index is 728. The van der Waals surface area contributed by atoms with E-state index in [0.717, 1.165) is 31.2 Å². The van der Waals surface area contributed by atoms with Crippen LogP contribution in [0.25, 0.3) is 0 Å². The van der Waals surface area contributed by atoms with Crippen LogP contribution in [0.2, 0.25) is 0 Å². The Morgan fingerprint density at radius 1 is 1.11 bits per heavy atom. The molecule has 9 heteroatoms. The lowest BCUT2D eigenvalue weighted by Gasteiger charge is -2.23. The molecule has 1 atom stereocenters. The van der Waals surface area contributed by atoms with Crippen molar-refractivity contribution in [1.82, 2.24) is 10.0 Å². The van der Waals surface area contributed by atoms with Gasteiger partial charge < -0.3 is 15.8 Å². The van der Waals surface area contributed by atoms with Crippen molar-refractivity contribution in [3.05, 3.63) is 29.8 Å². The predicted octanol–water partition coefficient (Wildman–Crippen LogP) is 2.50. The van der Waals surface area contributed by atoms with Gasteiger partial charge in [0.25, 0.3) is 0 Å². The van der Waals surface area contributed by atoms with Crippen molar-refractivity contribution in [2.45, 2.75) is 68.5 Å². The van der Waals surface area contributed by atoms with Crippen LogP contribution in [-0.4, -0.2) is 39.7 Å². The van der Waals surface area contributed by atoms with E-state index < -0.39 is 10.0 Å². The number of aliphatic imine (C=N–C) groups is 1. The monoisotopic (exact) mass is 522 g/mol. The van der Waals surface area contributed by atoms with Crippen LogP contribution in [0.1, 0.15) is 50.5 Å². The van der Waals surface area contributed by atoms with Gasteiger partial charge in [0.05, 0.1) is 17.5 Å². The Labute approximate surface area is 185 Å². The molecule has 1 aliphatic carbocycles. The van der Waals surface area contributed by atoms with Crippen molar-refractivity contribution < 1.29 is 13.2 Å². The lowest BCUT2D eigenvalue weighted by molar-refractivity contribution is 0.114. The number of nitrogens with two attached hydrogens (primary N) is 1. The van der Waals surface area contributed by atoms with E-state index in [-0.39, 0.29) is 35.0 Å². The van der Waals surface area contributed by atoms with Gasteiger partial charge in [-0.2, -0.15) is 0 Å². The molecule has 2 fully saturated rings. The zero-order valence-electron chi connectivity index (χ0n) is 16.1. The summed E-state index contributed by atoms with van der Waals surface area (Å²) in [6.07, 6.45) is 7.92. The number of hydrogen-bond acceptors (Lipinski definition) is 4. The second kappa shape index (κ2) is 11.3. The van der Waals surface area contributed by atoms with Gasteiger partial charge >= 0.3 is 0 Å². The van der Waals surface area contributed by atoms with E-state index in [1.165, 1.54) is 19.3 Å². The fraction of sp³-hybridized carbons (Fsp3) is 0.632. The average molecular weight is 522 g/mol. The van der Waals surface area contributed by atoms with Crippen molar-refractivity contribution in [1.29, 1.82) is 0 Å². The highest BCUT2D eigenvalue weighted by Crippen LogP contribution is 2.17. The Morgan fingerprint density at radius 3 is 2.46 bits per heavy atom. The fourth-order valence-electron chi connectivity index (χ4n) is 3.54. The molecule has 0 bridgehead atoms. The van der Waals surface area contributed by atoms with Crippen molar-refractivity contribution in [3.8, 4) is 0 Å². The smallest absolute Gasteiger partial charge is 0.240 e. The van der Waals surface area contributed by atoms with Gasteiger partial charge in [-0.15, -0.1) is 24.0 Å². The molecule has 1 unspecified atom stereocenters. The summed E-state index contributed by atoms with van der Waals surface area (Å²) in [6.45, 7) is 1.45. The van der Waals surface area contributed by atoms with Gasteiger partial charge in [0, 0.05) is 19.2 Å². The maximum Gasteiger partial charge on any atom is 0.240 e. The molecule has 1 aromatic rings. The largest absolute Gasteiger partial charge is 0.377 e. The summed E-state index contributed by atoms with van der Waals surface area (Å²) < 4.78 is 32.8. The normalized spacial score (nSPS) is 21.3. The highest BCUT2D eigenvalue weighted by Gasteiger charge is 2.20. The second-order valence-corrected chi connectivity index (χ2v) is 9.08. The summed E-state index contributed by atoms with van der Waals surface area (Å²) in [7, 11) is -3.52. The zero-order valence-corrected chi connectivity index (χ0v) is 19.2. The van der Waals surface area contributed by atoms with E-state index in [4.69, 9.17) is 10.5 Å². The fourth-order valence-corrected chi connectivity index (χ4v) is 4.61. The molecule has 3 rings (SSSR count). The van der Waals surface area contributed by atoms with E-state index in [0.29, 0.717) is 31.7 Å². The molecule has 4 N–H and O–H groups in total. The van der Waals surface area contributed by atoms with Crippen LogP contribution in [0, 0.1) is 0 Å². The van der Waals surface area contributed by atoms with Crippen molar-refractivity contribution in [2.75, 3.05) is 13.2 Å². The van der Waals surface area contributed by atoms with Crippen LogP contribution in [0.4, 0.5) is 0 Å². The second-order valence-electron chi connectivity index (χ2n) is 7.31. The first-order valence-electron chi connectivity index (χ1n) is 9.79. The van der Waals surface area contributed by atoms with Crippen LogP contribution in [0.3, 0.4) is 0 Å². The van der Waals surface area contributed by atoms with Gasteiger partial charge in [-0.3, -0.25) is 0 Å². The highest BCUT2D eigenvalue weighted by molar-refractivity contribution is 14.0. The molecule has 28 heavy (non-hydrogen) atoms. The summed E-state index contributed by atoms with van der Waals surface area (Å²) in [5.41, 5.74) is 6.89. The van der Waals surface area contributed by atoms with E-state index in [9.17, 15) is 8.42 Å². The summed E-state index contributed by atoms with van der Waals surface area (Å²) in [4.78, 5) is 4.62. The standard InChI is InChI=1S/C19H30N4O3S.HI/c20-19(23-16-5-2-1-3-6-16)21-13-15-8-10-18(11-9-15)27(24,25)22-14-17-7-4-12-26-17;/h8-11,16-17,22H,1-7,12-14H2,(H3,20,21,23);1H. The minimum atomic E-state index is -3.52. The number of benzene rings is 1. The van der Waals surface area contributed by atoms with Gasteiger partial charge in [-0.1, -0.05) is 31.4 Å². The Kier molecular flexibility index (Phi) is 9.45. The number of sulfonamides is 1. The topological polar surface area (TPSA) is 106 Å². The molecule has 1 aromatic carbocycles. The average Bonchev–Trinajstić information content (AvgIpc) is 3.20. The molecule has 1 aliphatic heterocycles. The van der Waals surface area contributed by atoms with E-state index in [2.05, 4.69) is 15.0 Å². The molecule has 1 heterocycles. The van der Waals surface area contributed by atoms with Crippen LogP contribution in [-0.2, 0) is 21.3 Å². The van der Waals surface area contributed by atoms with E-state index in [1.54, 1.807) is 24.3 Å². The Hall–Kier alpha value is -0.910. The summed E-state index contributed by atoms with van der Waals surface area (Å²) in [6, 6.07) is 7.18. The van der Waals surface area contributed by atoms with Gasteiger partial charge in [-0.05, 0) is 43.4 Å². The number of guanidine groups is 1. The number of nitrogens with zero attached hydrogens (tertiary/aromatic N) is 1. The third-order valence-electron chi connectivity index (χ3n) is 5.15. The number of halogens is 1. The lowest BCUT2D eigenvalue weighted by Crippen LogP contribution is -2.41. The van der Waals surface area contributed by atoms with Crippen LogP contribution in [0.5, 0.6) is 0 Å². The molecule has 158 valence electrons. The highest BCUT2D eigenvalue weighted by atomic mass is 127. The van der Waals surface area contributed by atoms with Crippen molar-refractivity contribution >= 4 is 40.0 Å². The molecule has 0 amide bonds. The number of nitrogens with one attached hydrogen (secondary N) is 2. The molecule has 1 saturated carbocycles. The van der Waals surface area contributed by atoms with Crippen LogP contribution >= 0.6 is 24.0 Å². The maximum atomic E-state index is 12.4. The van der Waals surface area contributed by atoms with Crippen molar-refractivity contribution in [3.63, 3.8) is 0 Å². The first kappa shape index (κ1) is 23.4. The molecule has 2 aliphatic rings. The predicted molar refractivity (Wildman–Crippen MR) is 121 cm³/mol. The van der Waals surface area contributed by atoms with Gasteiger partial charge in [0.2, 0.25) is 10.0 Å². The molecular formula is C19H31IN4O3S. The Balaban J connectivity index is 0.00000280. The summed E-state index contributed by atoms with van der Waals surface area (Å²) in [5.74, 6) is 0.455. The summed E-state index contributed by atoms with van der Waals surface area (Å²) in [5, 5.41) is 3.28. The quantitative estimate of drug-likeness (QED) is 0.290. The number of hydrogen-bond donors (Lipinski definition) is 3.